The van der Waals surface area contributed by atoms with Crippen molar-refractivity contribution in [1.29, 1.82) is 0 Å². The molecule has 7 heteroatoms. The Kier molecular flexibility index (Phi) is 5.50. The Bertz CT molecular complexity index is 500. The van der Waals surface area contributed by atoms with Crippen molar-refractivity contribution in [3.63, 3.8) is 0 Å². The van der Waals surface area contributed by atoms with Crippen molar-refractivity contribution in [3.8, 4) is 0 Å². The normalized spacial score (nSPS) is 26.6. The van der Waals surface area contributed by atoms with Gasteiger partial charge < -0.3 is 15.1 Å². The predicted molar refractivity (Wildman–Crippen MR) is 87.5 cm³/mol. The number of nitrogens with zero attached hydrogens (tertiary/aromatic N) is 2. The van der Waals surface area contributed by atoms with Gasteiger partial charge in [-0.25, -0.2) is 8.42 Å². The minimum Gasteiger partial charge on any atom is -0.344 e. The van der Waals surface area contributed by atoms with Crippen LogP contribution in [0.4, 0.5) is 0 Å². The topological polar surface area (TPSA) is 69.7 Å². The van der Waals surface area contributed by atoms with E-state index in [1.165, 1.54) is 6.26 Å². The zero-order chi connectivity index (χ0) is 16.4. The fourth-order valence-corrected chi connectivity index (χ4v) is 5.23. The van der Waals surface area contributed by atoms with Crippen LogP contribution in [0.25, 0.3) is 0 Å². The second kappa shape index (κ2) is 6.84. The highest BCUT2D eigenvalue weighted by Gasteiger charge is 2.50. The van der Waals surface area contributed by atoms with Gasteiger partial charge in [-0.1, -0.05) is 0 Å². The third-order valence-corrected chi connectivity index (χ3v) is 7.11. The van der Waals surface area contributed by atoms with Crippen molar-refractivity contribution in [2.45, 2.75) is 30.4 Å². The molecule has 2 heterocycles. The van der Waals surface area contributed by atoms with E-state index in [0.29, 0.717) is 38.4 Å². The molecule has 0 spiro atoms. The maximum atomic E-state index is 12.9. The molecule has 0 bridgehead atoms. The number of likely N-dealkylation sites (tertiary alicyclic amines) is 1. The van der Waals surface area contributed by atoms with Gasteiger partial charge in [0.2, 0.25) is 5.91 Å². The van der Waals surface area contributed by atoms with Crippen molar-refractivity contribution in [1.82, 2.24) is 15.1 Å². The SMILES string of the molecule is CN1CCCC(CN(C)C(=O)C2(S(C)(=O)=O)CCNCC2)C1. The Labute approximate surface area is 134 Å². The molecule has 0 aromatic carbocycles. The molecular weight excluding hydrogens is 302 g/mol. The van der Waals surface area contributed by atoms with E-state index in [-0.39, 0.29) is 5.91 Å². The molecule has 2 aliphatic rings. The van der Waals surface area contributed by atoms with E-state index in [1.54, 1.807) is 11.9 Å². The summed E-state index contributed by atoms with van der Waals surface area (Å²) < 4.78 is 23.4. The molecule has 2 saturated heterocycles. The molecular formula is C15H29N3O3S. The van der Waals surface area contributed by atoms with Crippen molar-refractivity contribution in [2.24, 2.45) is 5.92 Å². The fraction of sp³-hybridized carbons (Fsp3) is 0.933. The van der Waals surface area contributed by atoms with Crippen molar-refractivity contribution < 1.29 is 13.2 Å². The zero-order valence-electron chi connectivity index (χ0n) is 14.0. The van der Waals surface area contributed by atoms with Crippen LogP contribution in [0.2, 0.25) is 0 Å². The van der Waals surface area contributed by atoms with Crippen LogP contribution in [-0.2, 0) is 14.6 Å². The summed E-state index contributed by atoms with van der Waals surface area (Å²) in [4.78, 5) is 16.9. The van der Waals surface area contributed by atoms with E-state index >= 15 is 0 Å². The monoisotopic (exact) mass is 331 g/mol. The molecule has 1 atom stereocenters. The number of sulfone groups is 1. The number of hydrogen-bond acceptors (Lipinski definition) is 5. The van der Waals surface area contributed by atoms with Gasteiger partial charge in [-0.15, -0.1) is 0 Å². The summed E-state index contributed by atoms with van der Waals surface area (Å²) in [7, 11) is 0.427. The lowest BCUT2D eigenvalue weighted by Gasteiger charge is -2.39. The Morgan fingerprint density at radius 2 is 2.00 bits per heavy atom. The largest absolute Gasteiger partial charge is 0.344 e. The zero-order valence-corrected chi connectivity index (χ0v) is 14.8. The number of carbonyl (C=O) groups is 1. The first-order valence-corrected chi connectivity index (χ1v) is 10.00. The molecule has 22 heavy (non-hydrogen) atoms. The molecule has 2 fully saturated rings. The summed E-state index contributed by atoms with van der Waals surface area (Å²) >= 11 is 0. The number of hydrogen-bond donors (Lipinski definition) is 1. The molecule has 0 radical (unpaired) electrons. The highest BCUT2D eigenvalue weighted by Crippen LogP contribution is 2.30. The van der Waals surface area contributed by atoms with Crippen LogP contribution in [0.15, 0.2) is 0 Å². The summed E-state index contributed by atoms with van der Waals surface area (Å²) in [6, 6.07) is 0. The molecule has 1 unspecified atom stereocenters. The molecule has 0 aliphatic carbocycles. The second-order valence-electron chi connectivity index (χ2n) is 6.97. The summed E-state index contributed by atoms with van der Waals surface area (Å²) in [6.45, 7) is 3.89. The molecule has 0 aromatic rings. The lowest BCUT2D eigenvalue weighted by molar-refractivity contribution is -0.134. The Balaban J connectivity index is 2.09. The van der Waals surface area contributed by atoms with Gasteiger partial charge >= 0.3 is 0 Å². The maximum Gasteiger partial charge on any atom is 0.243 e. The molecule has 128 valence electrons. The Morgan fingerprint density at radius 3 is 2.55 bits per heavy atom. The minimum absolute atomic E-state index is 0.218. The van der Waals surface area contributed by atoms with Gasteiger partial charge in [0.1, 0.15) is 0 Å². The van der Waals surface area contributed by atoms with Crippen molar-refractivity contribution in [3.05, 3.63) is 0 Å². The van der Waals surface area contributed by atoms with Crippen LogP contribution in [0.3, 0.4) is 0 Å². The van der Waals surface area contributed by atoms with Crippen LogP contribution < -0.4 is 5.32 Å². The van der Waals surface area contributed by atoms with Crippen LogP contribution in [-0.4, -0.2) is 81.9 Å². The molecule has 0 saturated carbocycles. The summed E-state index contributed by atoms with van der Waals surface area (Å²) in [6.07, 6.45) is 4.21. The van der Waals surface area contributed by atoms with Crippen molar-refractivity contribution >= 4 is 15.7 Å². The first-order valence-electron chi connectivity index (χ1n) is 8.11. The van der Waals surface area contributed by atoms with Crippen LogP contribution >= 0.6 is 0 Å². The highest BCUT2D eigenvalue weighted by molar-refractivity contribution is 7.92. The second-order valence-corrected chi connectivity index (χ2v) is 9.30. The van der Waals surface area contributed by atoms with E-state index in [0.717, 1.165) is 25.9 Å². The lowest BCUT2D eigenvalue weighted by atomic mass is 9.93. The first kappa shape index (κ1) is 17.7. The first-order chi connectivity index (χ1) is 10.3. The standard InChI is InChI=1S/C15H29N3O3S/c1-17-10-4-5-13(11-17)12-18(2)14(19)15(22(3,20)21)6-8-16-9-7-15/h13,16H,4-12H2,1-3H3. The number of piperidine rings is 2. The van der Waals surface area contributed by atoms with Gasteiger partial charge in [-0.2, -0.15) is 0 Å². The lowest BCUT2D eigenvalue weighted by Crippen LogP contribution is -2.58. The third kappa shape index (κ3) is 3.63. The van der Waals surface area contributed by atoms with Gasteiger partial charge in [0, 0.05) is 26.4 Å². The smallest absolute Gasteiger partial charge is 0.243 e. The predicted octanol–water partition coefficient (Wildman–Crippen LogP) is -0.0466. The summed E-state index contributed by atoms with van der Waals surface area (Å²) in [5, 5.41) is 3.15. The van der Waals surface area contributed by atoms with E-state index in [4.69, 9.17) is 0 Å². The fourth-order valence-electron chi connectivity index (χ4n) is 3.81. The van der Waals surface area contributed by atoms with Gasteiger partial charge in [0.15, 0.2) is 14.6 Å². The average molecular weight is 331 g/mol. The molecule has 2 aliphatic heterocycles. The molecule has 1 N–H and O–H groups in total. The van der Waals surface area contributed by atoms with Gasteiger partial charge in [0.05, 0.1) is 0 Å². The quantitative estimate of drug-likeness (QED) is 0.782. The van der Waals surface area contributed by atoms with E-state index in [2.05, 4.69) is 17.3 Å². The van der Waals surface area contributed by atoms with Crippen LogP contribution in [0.5, 0.6) is 0 Å². The summed E-state index contributed by atoms with van der Waals surface area (Å²) in [5.74, 6) is 0.218. The number of amides is 1. The Hall–Kier alpha value is -0.660. The number of rotatable bonds is 4. The van der Waals surface area contributed by atoms with E-state index in [1.807, 2.05) is 0 Å². The van der Waals surface area contributed by atoms with Gasteiger partial charge in [-0.05, 0) is 58.3 Å². The average Bonchev–Trinajstić information content (AvgIpc) is 2.46. The number of nitrogens with one attached hydrogen (secondary N) is 1. The highest BCUT2D eigenvalue weighted by atomic mass is 32.2. The van der Waals surface area contributed by atoms with Crippen LogP contribution in [0.1, 0.15) is 25.7 Å². The van der Waals surface area contributed by atoms with E-state index < -0.39 is 14.6 Å². The summed E-state index contributed by atoms with van der Waals surface area (Å²) in [5.41, 5.74) is 0. The van der Waals surface area contributed by atoms with Gasteiger partial charge in [-0.3, -0.25) is 4.79 Å². The molecule has 6 nitrogen and oxygen atoms in total. The van der Waals surface area contributed by atoms with Crippen LogP contribution in [0, 0.1) is 5.92 Å². The Morgan fingerprint density at radius 1 is 1.36 bits per heavy atom. The molecule has 0 aromatic heterocycles. The van der Waals surface area contributed by atoms with E-state index in [9.17, 15) is 13.2 Å². The molecule has 1 amide bonds. The van der Waals surface area contributed by atoms with Gasteiger partial charge in [0.25, 0.3) is 0 Å². The number of carbonyl (C=O) groups excluding carboxylic acids is 1. The third-order valence-electron chi connectivity index (χ3n) is 5.11. The molecule has 2 rings (SSSR count). The minimum atomic E-state index is -3.42. The maximum absolute atomic E-state index is 12.9. The van der Waals surface area contributed by atoms with Crippen molar-refractivity contribution in [2.75, 3.05) is 53.1 Å².